The Morgan fingerprint density at radius 1 is 1.07 bits per heavy atom. The van der Waals surface area contributed by atoms with Gasteiger partial charge in [-0.1, -0.05) is 0 Å². The van der Waals surface area contributed by atoms with Crippen molar-refractivity contribution in [1.29, 1.82) is 0 Å². The van der Waals surface area contributed by atoms with Gasteiger partial charge in [0.15, 0.2) is 0 Å². The predicted molar refractivity (Wildman–Crippen MR) is 55.4 cm³/mol. The van der Waals surface area contributed by atoms with Crippen LogP contribution in [0.4, 0.5) is 0 Å². The summed E-state index contributed by atoms with van der Waals surface area (Å²) in [6.07, 6.45) is 0.583. The van der Waals surface area contributed by atoms with Gasteiger partial charge in [0.05, 0.1) is 23.5 Å². The SMILES string of the molecule is CC1CO1.O=c1oc(=O)c2ccc1cc2. The monoisotopic (exact) mass is 206 g/mol. The fourth-order valence-corrected chi connectivity index (χ4v) is 1.04. The summed E-state index contributed by atoms with van der Waals surface area (Å²) in [7, 11) is 0. The van der Waals surface area contributed by atoms with Crippen LogP contribution in [0.1, 0.15) is 6.92 Å². The van der Waals surface area contributed by atoms with Crippen LogP contribution in [-0.4, -0.2) is 12.7 Å². The van der Waals surface area contributed by atoms with Crippen molar-refractivity contribution >= 4 is 10.8 Å². The molecule has 78 valence electrons. The van der Waals surface area contributed by atoms with Crippen molar-refractivity contribution in [2.24, 2.45) is 0 Å². The van der Waals surface area contributed by atoms with E-state index < -0.39 is 11.3 Å². The molecule has 1 saturated heterocycles. The number of hydrogen-bond donors (Lipinski definition) is 0. The van der Waals surface area contributed by atoms with E-state index in [-0.39, 0.29) is 0 Å². The third-order valence-corrected chi connectivity index (χ3v) is 2.04. The molecule has 2 bridgehead atoms. The van der Waals surface area contributed by atoms with Gasteiger partial charge in [-0.3, -0.25) is 0 Å². The van der Waals surface area contributed by atoms with Crippen LogP contribution in [-0.2, 0) is 4.74 Å². The van der Waals surface area contributed by atoms with E-state index in [1.165, 1.54) is 0 Å². The summed E-state index contributed by atoms with van der Waals surface area (Å²) in [5, 5.41) is 0.833. The first-order valence-electron chi connectivity index (χ1n) is 4.65. The fourth-order valence-electron chi connectivity index (χ4n) is 1.04. The largest absolute Gasteiger partial charge is 0.386 e. The molecule has 0 spiro atoms. The smallest absolute Gasteiger partial charge is 0.346 e. The molecule has 1 aliphatic rings. The van der Waals surface area contributed by atoms with Gasteiger partial charge in [-0.2, -0.15) is 0 Å². The Bertz CT molecular complexity index is 489. The van der Waals surface area contributed by atoms with Crippen LogP contribution in [0, 0.1) is 0 Å². The first-order valence-corrected chi connectivity index (χ1v) is 4.65. The fraction of sp³-hybridized carbons (Fsp3) is 0.273. The molecule has 0 aliphatic carbocycles. The summed E-state index contributed by atoms with van der Waals surface area (Å²) in [6, 6.07) is 6.29. The Kier molecular flexibility index (Phi) is 2.51. The van der Waals surface area contributed by atoms with Crippen molar-refractivity contribution in [3.63, 3.8) is 0 Å². The molecular weight excluding hydrogens is 196 g/mol. The number of hydrogen-bond acceptors (Lipinski definition) is 4. The van der Waals surface area contributed by atoms with Crippen LogP contribution in [0.15, 0.2) is 38.3 Å². The molecule has 3 heterocycles. The lowest BCUT2D eigenvalue weighted by atomic mass is 10.2. The van der Waals surface area contributed by atoms with E-state index in [1.54, 1.807) is 24.3 Å². The molecule has 1 aromatic carbocycles. The first-order chi connectivity index (χ1) is 7.16. The van der Waals surface area contributed by atoms with E-state index >= 15 is 0 Å². The molecule has 0 amide bonds. The molecule has 4 rings (SSSR count). The Morgan fingerprint density at radius 2 is 1.40 bits per heavy atom. The van der Waals surface area contributed by atoms with Gasteiger partial charge < -0.3 is 9.15 Å². The second-order valence-electron chi connectivity index (χ2n) is 3.40. The summed E-state index contributed by atoms with van der Waals surface area (Å²) in [5.74, 6) is 0. The number of ether oxygens (including phenoxy) is 1. The average Bonchev–Trinajstić information content (AvgIpc) is 3.02. The van der Waals surface area contributed by atoms with E-state index in [4.69, 9.17) is 4.74 Å². The van der Waals surface area contributed by atoms with E-state index in [0.29, 0.717) is 16.9 Å². The van der Waals surface area contributed by atoms with Crippen LogP contribution in [0.2, 0.25) is 0 Å². The van der Waals surface area contributed by atoms with Crippen molar-refractivity contribution in [1.82, 2.24) is 0 Å². The Balaban J connectivity index is 0.000000179. The summed E-state index contributed by atoms with van der Waals surface area (Å²) in [4.78, 5) is 21.8. The highest BCUT2D eigenvalue weighted by molar-refractivity contribution is 5.61. The summed E-state index contributed by atoms with van der Waals surface area (Å²) < 4.78 is 9.13. The highest BCUT2D eigenvalue weighted by Crippen LogP contribution is 2.04. The van der Waals surface area contributed by atoms with Crippen molar-refractivity contribution in [3.8, 4) is 0 Å². The lowest BCUT2D eigenvalue weighted by Gasteiger charge is -1.77. The van der Waals surface area contributed by atoms with E-state index in [1.807, 2.05) is 0 Å². The normalized spacial score (nSPS) is 18.3. The molecule has 4 heteroatoms. The van der Waals surface area contributed by atoms with Crippen molar-refractivity contribution in [2.75, 3.05) is 6.61 Å². The lowest BCUT2D eigenvalue weighted by Crippen LogP contribution is -2.02. The van der Waals surface area contributed by atoms with Crippen LogP contribution in [0.25, 0.3) is 10.8 Å². The molecule has 2 aromatic heterocycles. The van der Waals surface area contributed by atoms with Crippen LogP contribution < -0.4 is 11.3 Å². The molecular formula is C11H10O4. The molecule has 0 radical (unpaired) electrons. The van der Waals surface area contributed by atoms with Gasteiger partial charge in [0, 0.05) is 0 Å². The Hall–Kier alpha value is -1.68. The van der Waals surface area contributed by atoms with Gasteiger partial charge in [0.1, 0.15) is 0 Å². The minimum Gasteiger partial charge on any atom is -0.386 e. The van der Waals surface area contributed by atoms with Gasteiger partial charge in [-0.25, -0.2) is 9.59 Å². The predicted octanol–water partition coefficient (Wildman–Crippen LogP) is 0.996. The van der Waals surface area contributed by atoms with E-state index in [9.17, 15) is 9.59 Å². The average molecular weight is 206 g/mol. The Morgan fingerprint density at radius 3 is 1.67 bits per heavy atom. The zero-order valence-electron chi connectivity index (χ0n) is 8.23. The third kappa shape index (κ3) is 2.41. The highest BCUT2D eigenvalue weighted by Gasteiger charge is 2.13. The van der Waals surface area contributed by atoms with E-state index in [2.05, 4.69) is 11.3 Å². The zero-order chi connectivity index (χ0) is 10.8. The van der Waals surface area contributed by atoms with Gasteiger partial charge in [0.25, 0.3) is 0 Å². The maximum absolute atomic E-state index is 10.9. The summed E-state index contributed by atoms with van der Waals surface area (Å²) in [6.45, 7) is 3.04. The molecule has 3 aromatic rings. The first kappa shape index (κ1) is 9.86. The van der Waals surface area contributed by atoms with Crippen LogP contribution >= 0.6 is 0 Å². The maximum Gasteiger partial charge on any atom is 0.346 e. The van der Waals surface area contributed by atoms with Crippen molar-refractivity contribution in [3.05, 3.63) is 45.1 Å². The second-order valence-corrected chi connectivity index (χ2v) is 3.40. The highest BCUT2D eigenvalue weighted by atomic mass is 16.6. The van der Waals surface area contributed by atoms with Gasteiger partial charge in [-0.15, -0.1) is 0 Å². The molecule has 0 N–H and O–H groups in total. The quantitative estimate of drug-likeness (QED) is 0.603. The topological polar surface area (TPSA) is 59.8 Å². The summed E-state index contributed by atoms with van der Waals surface area (Å²) in [5.41, 5.74) is -1.15. The minimum atomic E-state index is -0.574. The third-order valence-electron chi connectivity index (χ3n) is 2.04. The Labute approximate surface area is 85.4 Å². The van der Waals surface area contributed by atoms with Crippen LogP contribution in [0.5, 0.6) is 0 Å². The lowest BCUT2D eigenvalue weighted by molar-refractivity contribution is 0.423. The van der Waals surface area contributed by atoms with Gasteiger partial charge >= 0.3 is 11.3 Å². The van der Waals surface area contributed by atoms with Gasteiger partial charge in [0.2, 0.25) is 0 Å². The maximum atomic E-state index is 10.9. The number of rotatable bonds is 0. The zero-order valence-corrected chi connectivity index (χ0v) is 8.23. The molecule has 1 atom stereocenters. The second kappa shape index (κ2) is 3.82. The minimum absolute atomic E-state index is 0.416. The number of fused-ring (bicyclic) bond motifs is 4. The molecule has 1 unspecified atom stereocenters. The number of epoxide rings is 1. The van der Waals surface area contributed by atoms with Crippen molar-refractivity contribution < 1.29 is 9.15 Å². The van der Waals surface area contributed by atoms with Crippen molar-refractivity contribution in [2.45, 2.75) is 13.0 Å². The molecule has 15 heavy (non-hydrogen) atoms. The summed E-state index contributed by atoms with van der Waals surface area (Å²) >= 11 is 0. The van der Waals surface area contributed by atoms with Crippen LogP contribution in [0.3, 0.4) is 0 Å². The van der Waals surface area contributed by atoms with Gasteiger partial charge in [-0.05, 0) is 31.2 Å². The molecule has 1 aliphatic heterocycles. The standard InChI is InChI=1S/C8H4O3.C3H6O/c9-7-5-1-2-6(4-3-5)8(10)11-7;1-3-2-4-3/h1-4H;3H,2H2,1H3. The molecule has 4 nitrogen and oxygen atoms in total. The molecule has 1 fully saturated rings. The number of benzene rings is 1. The van der Waals surface area contributed by atoms with E-state index in [0.717, 1.165) is 6.61 Å². The molecule has 0 saturated carbocycles.